The lowest BCUT2D eigenvalue weighted by Gasteiger charge is -2.09. The van der Waals surface area contributed by atoms with Gasteiger partial charge < -0.3 is 21.3 Å². The third-order valence-electron chi connectivity index (χ3n) is 2.38. The summed E-state index contributed by atoms with van der Waals surface area (Å²) in [5, 5.41) is 13.3. The summed E-state index contributed by atoms with van der Waals surface area (Å²) in [4.78, 5) is 0. The summed E-state index contributed by atoms with van der Waals surface area (Å²) in [6.45, 7) is 1.45. The maximum absolute atomic E-state index is 5.01. The molecule has 0 spiro atoms. The van der Waals surface area contributed by atoms with Gasteiger partial charge in [-0.2, -0.15) is 0 Å². The fourth-order valence-corrected chi connectivity index (χ4v) is 1.46. The summed E-state index contributed by atoms with van der Waals surface area (Å²) in [7, 11) is 3.60. The van der Waals surface area contributed by atoms with Gasteiger partial charge in [-0.15, -0.1) is 0 Å². The summed E-state index contributed by atoms with van der Waals surface area (Å²) in [6, 6.07) is 8.30. The Labute approximate surface area is 119 Å². The predicted molar refractivity (Wildman–Crippen MR) is 83.4 cm³/mol. The topological polar surface area (TPSA) is 48.1 Å². The summed E-state index contributed by atoms with van der Waals surface area (Å²) < 4.78 is 0. The third kappa shape index (κ3) is 5.29. The van der Waals surface area contributed by atoms with Crippen LogP contribution in [-0.4, -0.2) is 24.3 Å². The van der Waals surface area contributed by atoms with Gasteiger partial charge >= 0.3 is 0 Å². The summed E-state index contributed by atoms with van der Waals surface area (Å²) in [5.74, 6) is 0. The normalized spacial score (nSPS) is 9.44. The van der Waals surface area contributed by atoms with Crippen LogP contribution in [0.4, 0.5) is 0 Å². The van der Waals surface area contributed by atoms with E-state index in [-0.39, 0.29) is 0 Å². The fourth-order valence-electron chi connectivity index (χ4n) is 1.32. The first-order valence-electron chi connectivity index (χ1n) is 5.64. The van der Waals surface area contributed by atoms with Crippen LogP contribution in [0.2, 0.25) is 0 Å². The number of benzene rings is 1. The number of hydrogen-bond donors (Lipinski definition) is 4. The van der Waals surface area contributed by atoms with Crippen LogP contribution < -0.4 is 21.3 Å². The van der Waals surface area contributed by atoms with E-state index in [1.165, 1.54) is 11.1 Å². The van der Waals surface area contributed by atoms with Crippen molar-refractivity contribution in [2.45, 2.75) is 13.1 Å². The Kier molecular flexibility index (Phi) is 6.38. The molecule has 0 amide bonds. The molecule has 0 radical (unpaired) electrons. The molecule has 0 aliphatic heterocycles. The van der Waals surface area contributed by atoms with Crippen LogP contribution in [0, 0.1) is 0 Å². The first-order chi connectivity index (χ1) is 8.65. The minimum absolute atomic E-state index is 0.653. The van der Waals surface area contributed by atoms with Gasteiger partial charge in [0.05, 0.1) is 0 Å². The molecule has 4 nitrogen and oxygen atoms in total. The number of rotatable bonds is 4. The number of nitrogens with one attached hydrogen (secondary N) is 4. The van der Waals surface area contributed by atoms with E-state index in [0.29, 0.717) is 10.2 Å². The van der Waals surface area contributed by atoms with Gasteiger partial charge in [0.25, 0.3) is 0 Å². The first kappa shape index (κ1) is 14.7. The zero-order chi connectivity index (χ0) is 13.4. The van der Waals surface area contributed by atoms with Crippen molar-refractivity contribution in [3.8, 4) is 0 Å². The summed E-state index contributed by atoms with van der Waals surface area (Å²) >= 11 is 10.0. The molecular weight excluding hydrogens is 264 g/mol. The molecule has 0 atom stereocenters. The van der Waals surface area contributed by atoms with E-state index in [1.807, 2.05) is 0 Å². The molecule has 98 valence electrons. The van der Waals surface area contributed by atoms with E-state index in [9.17, 15) is 0 Å². The second-order valence-corrected chi connectivity index (χ2v) is 4.50. The molecule has 0 unspecified atom stereocenters. The lowest BCUT2D eigenvalue weighted by molar-refractivity contribution is 0.875. The maximum Gasteiger partial charge on any atom is 0.166 e. The Morgan fingerprint density at radius 2 is 1.17 bits per heavy atom. The van der Waals surface area contributed by atoms with E-state index >= 15 is 0 Å². The van der Waals surface area contributed by atoms with Gasteiger partial charge in [-0.1, -0.05) is 24.3 Å². The Morgan fingerprint density at radius 1 is 0.833 bits per heavy atom. The average molecular weight is 282 g/mol. The van der Waals surface area contributed by atoms with Crippen LogP contribution in [-0.2, 0) is 13.1 Å². The Hall–Kier alpha value is -1.40. The van der Waals surface area contributed by atoms with Crippen LogP contribution in [0.25, 0.3) is 0 Å². The molecule has 0 aromatic heterocycles. The van der Waals surface area contributed by atoms with Gasteiger partial charge in [0.1, 0.15) is 0 Å². The Morgan fingerprint density at radius 3 is 1.44 bits per heavy atom. The van der Waals surface area contributed by atoms with Crippen molar-refractivity contribution in [2.75, 3.05) is 14.1 Å². The monoisotopic (exact) mass is 282 g/mol. The quantitative estimate of drug-likeness (QED) is 0.615. The van der Waals surface area contributed by atoms with Crippen LogP contribution >= 0.6 is 24.4 Å². The van der Waals surface area contributed by atoms with Crippen molar-refractivity contribution < 1.29 is 0 Å². The van der Waals surface area contributed by atoms with Crippen LogP contribution in [0.1, 0.15) is 11.1 Å². The van der Waals surface area contributed by atoms with E-state index in [2.05, 4.69) is 45.5 Å². The molecule has 6 heteroatoms. The Bertz CT molecular complexity index is 364. The van der Waals surface area contributed by atoms with Crippen molar-refractivity contribution in [1.29, 1.82) is 0 Å². The van der Waals surface area contributed by atoms with Crippen molar-refractivity contribution >= 4 is 34.7 Å². The van der Waals surface area contributed by atoms with E-state index in [0.717, 1.165) is 13.1 Å². The highest BCUT2D eigenvalue weighted by molar-refractivity contribution is 7.80. The van der Waals surface area contributed by atoms with Crippen molar-refractivity contribution in [3.05, 3.63) is 35.4 Å². The lowest BCUT2D eigenvalue weighted by Crippen LogP contribution is -2.32. The minimum Gasteiger partial charge on any atom is -0.366 e. The van der Waals surface area contributed by atoms with Crippen molar-refractivity contribution in [1.82, 2.24) is 21.3 Å². The molecule has 0 saturated heterocycles. The predicted octanol–water partition coefficient (Wildman–Crippen LogP) is 0.874. The van der Waals surface area contributed by atoms with Gasteiger partial charge in [0.15, 0.2) is 10.2 Å². The molecule has 0 heterocycles. The van der Waals surface area contributed by atoms with Crippen LogP contribution in [0.5, 0.6) is 0 Å². The third-order valence-corrected chi connectivity index (χ3v) is 3.08. The molecule has 4 N–H and O–H groups in total. The van der Waals surface area contributed by atoms with E-state index in [1.54, 1.807) is 14.1 Å². The fraction of sp³-hybridized carbons (Fsp3) is 0.333. The molecule has 0 bridgehead atoms. The highest BCUT2D eigenvalue weighted by Gasteiger charge is 1.97. The summed E-state index contributed by atoms with van der Waals surface area (Å²) in [6.07, 6.45) is 0. The van der Waals surface area contributed by atoms with Gasteiger partial charge in [-0.3, -0.25) is 0 Å². The van der Waals surface area contributed by atoms with Crippen molar-refractivity contribution in [2.24, 2.45) is 0 Å². The molecule has 0 aliphatic carbocycles. The lowest BCUT2D eigenvalue weighted by atomic mass is 10.1. The van der Waals surface area contributed by atoms with Gasteiger partial charge in [-0.05, 0) is 35.6 Å². The first-order valence-corrected chi connectivity index (χ1v) is 6.46. The molecular formula is C12H18N4S2. The van der Waals surface area contributed by atoms with Gasteiger partial charge in [0, 0.05) is 27.2 Å². The highest BCUT2D eigenvalue weighted by atomic mass is 32.1. The largest absolute Gasteiger partial charge is 0.366 e. The highest BCUT2D eigenvalue weighted by Crippen LogP contribution is 2.04. The smallest absolute Gasteiger partial charge is 0.166 e. The van der Waals surface area contributed by atoms with Crippen LogP contribution in [0.15, 0.2) is 24.3 Å². The Balaban J connectivity index is 2.42. The molecule has 1 aromatic carbocycles. The molecule has 18 heavy (non-hydrogen) atoms. The SMILES string of the molecule is CNC(=S)NCc1ccc(CNC(=S)NC)cc1. The van der Waals surface area contributed by atoms with E-state index < -0.39 is 0 Å². The molecule has 1 aromatic rings. The second-order valence-electron chi connectivity index (χ2n) is 3.68. The van der Waals surface area contributed by atoms with Crippen LogP contribution in [0.3, 0.4) is 0 Å². The number of thiocarbonyl (C=S) groups is 2. The van der Waals surface area contributed by atoms with Gasteiger partial charge in [-0.25, -0.2) is 0 Å². The molecule has 1 rings (SSSR count). The van der Waals surface area contributed by atoms with Gasteiger partial charge in [0.2, 0.25) is 0 Å². The zero-order valence-corrected chi connectivity index (χ0v) is 12.2. The standard InChI is InChI=1S/C12H18N4S2/c1-13-11(17)15-7-9-3-5-10(6-4-9)8-16-12(18)14-2/h3-6H,7-8H2,1-2H3,(H2,13,15,17)(H2,14,16,18). The van der Waals surface area contributed by atoms with Crippen molar-refractivity contribution in [3.63, 3.8) is 0 Å². The summed E-state index contributed by atoms with van der Waals surface area (Å²) in [5.41, 5.74) is 2.38. The number of hydrogen-bond acceptors (Lipinski definition) is 2. The molecule has 0 saturated carbocycles. The molecule has 0 fully saturated rings. The van der Waals surface area contributed by atoms with E-state index in [4.69, 9.17) is 24.4 Å². The molecule has 0 aliphatic rings. The zero-order valence-electron chi connectivity index (χ0n) is 10.5. The minimum atomic E-state index is 0.653. The maximum atomic E-state index is 5.01. The second kappa shape index (κ2) is 7.84. The average Bonchev–Trinajstić information content (AvgIpc) is 2.43.